The van der Waals surface area contributed by atoms with Crippen molar-refractivity contribution in [2.45, 2.75) is 30.3 Å². The number of imide groups is 1. The summed E-state index contributed by atoms with van der Waals surface area (Å²) in [6.07, 6.45) is 1.50. The van der Waals surface area contributed by atoms with Gasteiger partial charge < -0.3 is 10.2 Å². The van der Waals surface area contributed by atoms with Crippen LogP contribution in [0.2, 0.25) is 0 Å². The lowest BCUT2D eigenvalue weighted by molar-refractivity contribution is -0.136. The van der Waals surface area contributed by atoms with E-state index in [1.165, 1.54) is 29.2 Å². The predicted octanol–water partition coefficient (Wildman–Crippen LogP) is 1.10. The number of amides is 4. The first kappa shape index (κ1) is 20.7. The molecule has 1 unspecified atom stereocenters. The Labute approximate surface area is 178 Å². The number of piperidine rings is 1. The lowest BCUT2D eigenvalue weighted by Crippen LogP contribution is -2.52. The number of anilines is 1. The molecule has 0 spiro atoms. The zero-order valence-corrected chi connectivity index (χ0v) is 17.4. The summed E-state index contributed by atoms with van der Waals surface area (Å²) in [6.45, 7) is 0.221. The van der Waals surface area contributed by atoms with Crippen molar-refractivity contribution >= 4 is 39.2 Å². The molecule has 2 aromatic rings. The molecule has 4 amide bonds. The van der Waals surface area contributed by atoms with Crippen LogP contribution in [-0.2, 0) is 26.0 Å². The van der Waals surface area contributed by atoms with Crippen LogP contribution >= 0.6 is 0 Å². The summed E-state index contributed by atoms with van der Waals surface area (Å²) >= 11 is 0. The van der Waals surface area contributed by atoms with Gasteiger partial charge in [0.25, 0.3) is 11.8 Å². The number of carbonyl (C=O) groups excluding carboxylic acids is 4. The standard InChI is InChI=1S/C21H19N3O6S/c1-31(29,30)15-4-2-3-14(10-15)22-19(26)12-5-6-13-11-24(21(28)16(13)9-12)17-7-8-18(25)23-20(17)27/h2-6,9-10,17H,7-8,11H2,1H3,(H,22,26)(H,23,25,27). The van der Waals surface area contributed by atoms with Crippen LogP contribution in [0.3, 0.4) is 0 Å². The average Bonchev–Trinajstić information content (AvgIpc) is 3.03. The van der Waals surface area contributed by atoms with E-state index in [9.17, 15) is 27.6 Å². The molecule has 1 atom stereocenters. The predicted molar refractivity (Wildman–Crippen MR) is 110 cm³/mol. The average molecular weight is 441 g/mol. The van der Waals surface area contributed by atoms with E-state index in [0.717, 1.165) is 6.26 Å². The minimum absolute atomic E-state index is 0.0781. The second kappa shape index (κ2) is 7.62. The molecule has 2 heterocycles. The quantitative estimate of drug-likeness (QED) is 0.684. The van der Waals surface area contributed by atoms with Crippen LogP contribution in [0.4, 0.5) is 5.69 Å². The van der Waals surface area contributed by atoms with Gasteiger partial charge in [0.05, 0.1) is 4.90 Å². The highest BCUT2D eigenvalue weighted by molar-refractivity contribution is 7.90. The smallest absolute Gasteiger partial charge is 0.255 e. The molecule has 1 saturated heterocycles. The van der Waals surface area contributed by atoms with Gasteiger partial charge in [-0.3, -0.25) is 24.5 Å². The Balaban J connectivity index is 1.53. The van der Waals surface area contributed by atoms with Gasteiger partial charge in [0, 0.05) is 36.0 Å². The van der Waals surface area contributed by atoms with Crippen molar-refractivity contribution in [2.75, 3.05) is 11.6 Å². The van der Waals surface area contributed by atoms with Gasteiger partial charge in [0.2, 0.25) is 11.8 Å². The number of fused-ring (bicyclic) bond motifs is 1. The van der Waals surface area contributed by atoms with Gasteiger partial charge in [-0.2, -0.15) is 0 Å². The Bertz CT molecular complexity index is 1240. The first-order valence-corrected chi connectivity index (χ1v) is 11.4. The number of carbonyl (C=O) groups is 4. The van der Waals surface area contributed by atoms with E-state index >= 15 is 0 Å². The van der Waals surface area contributed by atoms with E-state index < -0.39 is 27.7 Å². The molecule has 0 aliphatic carbocycles. The number of hydrogen-bond acceptors (Lipinski definition) is 6. The van der Waals surface area contributed by atoms with Crippen LogP contribution in [0.15, 0.2) is 47.4 Å². The van der Waals surface area contributed by atoms with Crippen LogP contribution in [0, 0.1) is 0 Å². The monoisotopic (exact) mass is 441 g/mol. The van der Waals surface area contributed by atoms with Crippen LogP contribution in [0.1, 0.15) is 39.1 Å². The lowest BCUT2D eigenvalue weighted by Gasteiger charge is -2.29. The van der Waals surface area contributed by atoms with Crippen molar-refractivity contribution in [2.24, 2.45) is 0 Å². The van der Waals surface area contributed by atoms with Gasteiger partial charge in [-0.05, 0) is 42.3 Å². The summed E-state index contributed by atoms with van der Waals surface area (Å²) in [5, 5.41) is 4.88. The third kappa shape index (κ3) is 4.06. The summed E-state index contributed by atoms with van der Waals surface area (Å²) in [5.41, 5.74) is 1.54. The topological polar surface area (TPSA) is 130 Å². The van der Waals surface area contributed by atoms with Crippen molar-refractivity contribution in [1.82, 2.24) is 10.2 Å². The number of sulfone groups is 1. The van der Waals surface area contributed by atoms with E-state index in [0.29, 0.717) is 16.8 Å². The third-order valence-electron chi connectivity index (χ3n) is 5.31. The molecule has 0 bridgehead atoms. The molecule has 31 heavy (non-hydrogen) atoms. The van der Waals surface area contributed by atoms with Gasteiger partial charge >= 0.3 is 0 Å². The van der Waals surface area contributed by atoms with Crippen LogP contribution in [-0.4, -0.2) is 49.2 Å². The second-order valence-corrected chi connectivity index (χ2v) is 9.54. The maximum Gasteiger partial charge on any atom is 0.255 e. The van der Waals surface area contributed by atoms with Crippen LogP contribution in [0.5, 0.6) is 0 Å². The number of benzene rings is 2. The number of nitrogens with zero attached hydrogens (tertiary/aromatic N) is 1. The molecule has 10 heteroatoms. The lowest BCUT2D eigenvalue weighted by atomic mass is 10.0. The Morgan fingerprint density at radius 1 is 1.13 bits per heavy atom. The third-order valence-corrected chi connectivity index (χ3v) is 6.42. The zero-order valence-electron chi connectivity index (χ0n) is 16.5. The minimum atomic E-state index is -3.42. The minimum Gasteiger partial charge on any atom is -0.322 e. The van der Waals surface area contributed by atoms with Gasteiger partial charge in [0.15, 0.2) is 9.84 Å². The summed E-state index contributed by atoms with van der Waals surface area (Å²) in [4.78, 5) is 50.5. The zero-order chi connectivity index (χ0) is 22.3. The Morgan fingerprint density at radius 2 is 1.90 bits per heavy atom. The molecule has 1 fully saturated rings. The highest BCUT2D eigenvalue weighted by Crippen LogP contribution is 2.28. The molecule has 160 valence electrons. The largest absolute Gasteiger partial charge is 0.322 e. The summed E-state index contributed by atoms with van der Waals surface area (Å²) in [6, 6.07) is 9.83. The molecule has 4 rings (SSSR count). The molecule has 0 radical (unpaired) electrons. The summed E-state index contributed by atoms with van der Waals surface area (Å²) < 4.78 is 23.4. The first-order chi connectivity index (χ1) is 14.6. The van der Waals surface area contributed by atoms with Crippen molar-refractivity contribution in [1.29, 1.82) is 0 Å². The fourth-order valence-corrected chi connectivity index (χ4v) is 4.37. The van der Waals surface area contributed by atoms with E-state index in [2.05, 4.69) is 10.6 Å². The van der Waals surface area contributed by atoms with Gasteiger partial charge in [0.1, 0.15) is 6.04 Å². The summed E-state index contributed by atoms with van der Waals surface area (Å²) in [7, 11) is -3.42. The molecule has 0 saturated carbocycles. The van der Waals surface area contributed by atoms with Crippen LogP contribution in [0.25, 0.3) is 0 Å². The van der Waals surface area contributed by atoms with Crippen molar-refractivity contribution < 1.29 is 27.6 Å². The van der Waals surface area contributed by atoms with Gasteiger partial charge in [-0.15, -0.1) is 0 Å². The fourth-order valence-electron chi connectivity index (χ4n) is 3.70. The molecule has 2 aliphatic rings. The molecule has 2 aromatic carbocycles. The maximum absolute atomic E-state index is 12.9. The van der Waals surface area contributed by atoms with Gasteiger partial charge in [-0.1, -0.05) is 12.1 Å². The number of nitrogens with one attached hydrogen (secondary N) is 2. The fraction of sp³-hybridized carbons (Fsp3) is 0.238. The molecular formula is C21H19N3O6S. The van der Waals surface area contributed by atoms with E-state index in [1.54, 1.807) is 18.2 Å². The molecular weight excluding hydrogens is 422 g/mol. The summed E-state index contributed by atoms with van der Waals surface area (Å²) in [5.74, 6) is -1.73. The van der Waals surface area contributed by atoms with Crippen molar-refractivity contribution in [3.8, 4) is 0 Å². The van der Waals surface area contributed by atoms with Crippen molar-refractivity contribution in [3.63, 3.8) is 0 Å². The second-order valence-electron chi connectivity index (χ2n) is 7.53. The SMILES string of the molecule is CS(=O)(=O)c1cccc(NC(=O)c2ccc3c(c2)C(=O)N(C2CCC(=O)NC2=O)C3)c1. The Kier molecular flexibility index (Phi) is 5.10. The number of hydrogen-bond donors (Lipinski definition) is 2. The Morgan fingerprint density at radius 3 is 2.61 bits per heavy atom. The molecule has 0 aromatic heterocycles. The maximum atomic E-state index is 12.9. The number of rotatable bonds is 4. The van der Waals surface area contributed by atoms with E-state index in [1.807, 2.05) is 0 Å². The Hall–Kier alpha value is -3.53. The van der Waals surface area contributed by atoms with Crippen molar-refractivity contribution in [3.05, 3.63) is 59.2 Å². The normalized spacial score (nSPS) is 18.5. The highest BCUT2D eigenvalue weighted by atomic mass is 32.2. The first-order valence-electron chi connectivity index (χ1n) is 9.52. The van der Waals surface area contributed by atoms with E-state index in [-0.39, 0.29) is 41.7 Å². The van der Waals surface area contributed by atoms with E-state index in [4.69, 9.17) is 0 Å². The molecule has 2 N–H and O–H groups in total. The van der Waals surface area contributed by atoms with Crippen LogP contribution < -0.4 is 10.6 Å². The molecule has 9 nitrogen and oxygen atoms in total. The van der Waals surface area contributed by atoms with Gasteiger partial charge in [-0.25, -0.2) is 8.42 Å². The highest BCUT2D eigenvalue weighted by Gasteiger charge is 2.39. The molecule has 2 aliphatic heterocycles.